The fourth-order valence-electron chi connectivity index (χ4n) is 5.86. The fourth-order valence-corrected chi connectivity index (χ4v) is 5.86. The van der Waals surface area contributed by atoms with E-state index in [9.17, 15) is 13.9 Å². The number of fused-ring (bicyclic) bond motifs is 2. The molecule has 0 amide bonds. The molecule has 2 bridgehead atoms. The molecule has 3 atom stereocenters. The van der Waals surface area contributed by atoms with Gasteiger partial charge < -0.3 is 10.0 Å². The van der Waals surface area contributed by atoms with Crippen LogP contribution in [0.5, 0.6) is 5.75 Å². The van der Waals surface area contributed by atoms with Crippen molar-refractivity contribution in [2.45, 2.75) is 63.0 Å². The summed E-state index contributed by atoms with van der Waals surface area (Å²) < 4.78 is 28.0. The maximum absolute atomic E-state index is 14.0. The molecule has 2 N–H and O–H groups in total. The largest absolute Gasteiger partial charge is 0.507 e. The third-order valence-corrected chi connectivity index (χ3v) is 7.27. The fraction of sp³-hybridized carbons (Fsp3) is 0.500. The van der Waals surface area contributed by atoms with Crippen molar-refractivity contribution in [3.63, 3.8) is 0 Å². The van der Waals surface area contributed by atoms with E-state index in [-0.39, 0.29) is 36.5 Å². The second-order valence-corrected chi connectivity index (χ2v) is 9.85. The lowest BCUT2D eigenvalue weighted by Crippen LogP contribution is -2.47. The predicted molar refractivity (Wildman–Crippen MR) is 119 cm³/mol. The molecule has 9 heteroatoms. The van der Waals surface area contributed by atoms with Gasteiger partial charge in [-0.05, 0) is 61.6 Å². The van der Waals surface area contributed by atoms with E-state index in [1.165, 1.54) is 0 Å². The van der Waals surface area contributed by atoms with E-state index in [0.29, 0.717) is 23.2 Å². The van der Waals surface area contributed by atoms with E-state index in [4.69, 9.17) is 0 Å². The van der Waals surface area contributed by atoms with Crippen LogP contribution in [0.3, 0.4) is 0 Å². The summed E-state index contributed by atoms with van der Waals surface area (Å²) in [6, 6.07) is 5.91. The second-order valence-electron chi connectivity index (χ2n) is 9.85. The predicted octanol–water partition coefficient (Wildman–Crippen LogP) is 4.82. The summed E-state index contributed by atoms with van der Waals surface area (Å²) in [5, 5.41) is 26.0. The molecule has 2 heterocycles. The highest BCUT2D eigenvalue weighted by molar-refractivity contribution is 5.72. The zero-order valence-corrected chi connectivity index (χ0v) is 18.2. The molecule has 172 valence electrons. The number of nitrogens with zero attached hydrogens (tertiary/aromatic N) is 5. The summed E-state index contributed by atoms with van der Waals surface area (Å²) in [6.07, 6.45) is 9.83. The summed E-state index contributed by atoms with van der Waals surface area (Å²) in [7, 11) is 0. The number of H-pyrrole nitrogens is 1. The van der Waals surface area contributed by atoms with Gasteiger partial charge in [-0.3, -0.25) is 5.10 Å². The van der Waals surface area contributed by atoms with Crippen molar-refractivity contribution in [2.24, 2.45) is 11.8 Å². The van der Waals surface area contributed by atoms with Crippen LogP contribution in [0, 0.1) is 11.8 Å². The minimum atomic E-state index is -2.51. The average molecular weight is 453 g/mol. The van der Waals surface area contributed by atoms with Crippen molar-refractivity contribution in [3.8, 4) is 28.3 Å². The molecular formula is C24H26F2N6O. The van der Waals surface area contributed by atoms with E-state index < -0.39 is 5.92 Å². The van der Waals surface area contributed by atoms with Crippen LogP contribution in [0.15, 0.2) is 36.8 Å². The van der Waals surface area contributed by atoms with Gasteiger partial charge in [-0.15, -0.1) is 10.2 Å². The number of rotatable bonds is 5. The Morgan fingerprint density at radius 1 is 0.970 bits per heavy atom. The highest BCUT2D eigenvalue weighted by Crippen LogP contribution is 2.49. The molecule has 0 aliphatic heterocycles. The van der Waals surface area contributed by atoms with Crippen molar-refractivity contribution in [1.82, 2.24) is 25.4 Å². The van der Waals surface area contributed by atoms with Crippen molar-refractivity contribution in [2.75, 3.05) is 4.90 Å². The number of benzene rings is 1. The smallest absolute Gasteiger partial charge is 0.248 e. The highest BCUT2D eigenvalue weighted by atomic mass is 19.3. The van der Waals surface area contributed by atoms with E-state index in [0.717, 1.165) is 43.2 Å². The zero-order chi connectivity index (χ0) is 22.6. The van der Waals surface area contributed by atoms with Gasteiger partial charge in [0.05, 0.1) is 18.0 Å². The first-order valence-electron chi connectivity index (χ1n) is 11.6. The minimum Gasteiger partial charge on any atom is -0.507 e. The zero-order valence-electron chi connectivity index (χ0n) is 18.2. The van der Waals surface area contributed by atoms with Gasteiger partial charge in [0.1, 0.15) is 5.75 Å². The Morgan fingerprint density at radius 3 is 2.36 bits per heavy atom. The molecule has 1 unspecified atom stereocenters. The standard InChI is InChI=1S/C24H26F2N6O/c25-24(26)9-14-5-15(10-24)7-19(6-14)32(18-2-3-18)22-13-27-23(31-30-22)20-4-1-16(8-21(20)33)17-11-28-29-12-17/h1,4,8,11-15,18-19,33H,2-3,5-7,9-10H2,(H,28,29)/t14-,15+,19?. The number of aromatic nitrogens is 5. The first-order chi connectivity index (χ1) is 15.9. The highest BCUT2D eigenvalue weighted by Gasteiger charge is 2.48. The third kappa shape index (κ3) is 4.05. The van der Waals surface area contributed by atoms with Gasteiger partial charge in [0, 0.05) is 36.7 Å². The van der Waals surface area contributed by atoms with Gasteiger partial charge in [-0.1, -0.05) is 6.07 Å². The molecule has 6 rings (SSSR count). The summed E-state index contributed by atoms with van der Waals surface area (Å²) in [5.41, 5.74) is 2.22. The van der Waals surface area contributed by atoms with Crippen molar-refractivity contribution < 1.29 is 13.9 Å². The van der Waals surface area contributed by atoms with Crippen LogP contribution in [-0.2, 0) is 0 Å². The molecule has 2 aromatic heterocycles. The summed E-state index contributed by atoms with van der Waals surface area (Å²) in [4.78, 5) is 6.80. The second kappa shape index (κ2) is 7.74. The summed E-state index contributed by atoms with van der Waals surface area (Å²) in [6.45, 7) is 0. The molecule has 3 aliphatic carbocycles. The van der Waals surface area contributed by atoms with E-state index in [2.05, 4.69) is 30.3 Å². The number of hydrogen-bond acceptors (Lipinski definition) is 6. The number of anilines is 1. The molecule has 3 saturated carbocycles. The number of phenols is 1. The van der Waals surface area contributed by atoms with E-state index in [1.54, 1.807) is 30.7 Å². The lowest BCUT2D eigenvalue weighted by Gasteiger charge is -2.46. The van der Waals surface area contributed by atoms with E-state index >= 15 is 0 Å². The third-order valence-electron chi connectivity index (χ3n) is 7.27. The Balaban J connectivity index is 1.23. The monoisotopic (exact) mass is 452 g/mol. The normalized spacial score (nSPS) is 26.2. The number of aromatic amines is 1. The maximum atomic E-state index is 14.0. The molecule has 0 radical (unpaired) electrons. The molecule has 0 spiro atoms. The number of phenolic OH excluding ortho intramolecular Hbond substituents is 1. The molecule has 7 nitrogen and oxygen atoms in total. The first-order valence-corrected chi connectivity index (χ1v) is 11.6. The van der Waals surface area contributed by atoms with Crippen LogP contribution in [-0.4, -0.2) is 48.5 Å². The van der Waals surface area contributed by atoms with Crippen LogP contribution in [0.25, 0.3) is 22.5 Å². The first kappa shape index (κ1) is 20.5. The van der Waals surface area contributed by atoms with Crippen LogP contribution >= 0.6 is 0 Å². The van der Waals surface area contributed by atoms with Gasteiger partial charge in [-0.2, -0.15) is 5.10 Å². The van der Waals surface area contributed by atoms with Crippen LogP contribution in [0.2, 0.25) is 0 Å². The molecule has 3 aliphatic rings. The molecule has 3 fully saturated rings. The Kier molecular flexibility index (Phi) is 4.81. The lowest BCUT2D eigenvalue weighted by molar-refractivity contribution is -0.0868. The molecular weight excluding hydrogens is 426 g/mol. The SMILES string of the molecule is Oc1cc(-c2cn[nH]c2)ccc1-c1ncc(N(C2CC2)C2C[C@@H]3C[C@H](C2)CC(F)(F)C3)nn1. The summed E-state index contributed by atoms with van der Waals surface area (Å²) >= 11 is 0. The minimum absolute atomic E-state index is 0.00939. The Labute approximate surface area is 190 Å². The Morgan fingerprint density at radius 2 is 1.76 bits per heavy atom. The molecule has 0 saturated heterocycles. The van der Waals surface area contributed by atoms with Gasteiger partial charge in [0.15, 0.2) is 11.6 Å². The molecule has 33 heavy (non-hydrogen) atoms. The lowest BCUT2D eigenvalue weighted by atomic mass is 9.68. The van der Waals surface area contributed by atoms with Gasteiger partial charge in [0.2, 0.25) is 5.92 Å². The van der Waals surface area contributed by atoms with Crippen LogP contribution in [0.1, 0.15) is 44.9 Å². The number of halogens is 2. The Bertz CT molecular complexity index is 1120. The van der Waals surface area contributed by atoms with Crippen molar-refractivity contribution in [3.05, 3.63) is 36.8 Å². The summed E-state index contributed by atoms with van der Waals surface area (Å²) in [5.74, 6) is -1.24. The Hall–Kier alpha value is -3.10. The van der Waals surface area contributed by atoms with Gasteiger partial charge >= 0.3 is 0 Å². The molecule has 3 aromatic rings. The van der Waals surface area contributed by atoms with Crippen LogP contribution in [0.4, 0.5) is 14.6 Å². The number of hydrogen-bond donors (Lipinski definition) is 2. The number of nitrogens with one attached hydrogen (secondary N) is 1. The quantitative estimate of drug-likeness (QED) is 0.577. The van der Waals surface area contributed by atoms with Gasteiger partial charge in [0.25, 0.3) is 0 Å². The average Bonchev–Trinajstić information content (AvgIpc) is 3.44. The van der Waals surface area contributed by atoms with Gasteiger partial charge in [-0.25, -0.2) is 13.8 Å². The number of alkyl halides is 2. The van der Waals surface area contributed by atoms with E-state index in [1.807, 2.05) is 6.07 Å². The van der Waals surface area contributed by atoms with Crippen LogP contribution < -0.4 is 4.90 Å². The van der Waals surface area contributed by atoms with Crippen molar-refractivity contribution >= 4 is 5.82 Å². The molecule has 1 aromatic carbocycles. The topological polar surface area (TPSA) is 90.8 Å². The maximum Gasteiger partial charge on any atom is 0.248 e. The van der Waals surface area contributed by atoms with Crippen molar-refractivity contribution in [1.29, 1.82) is 0 Å². The number of aromatic hydroxyl groups is 1.